The Bertz CT molecular complexity index is 711. The lowest BCUT2D eigenvalue weighted by Crippen LogP contribution is -2.16. The number of hydrogen-bond donors (Lipinski definition) is 1. The van der Waals surface area contributed by atoms with Gasteiger partial charge in [0, 0.05) is 23.4 Å². The van der Waals surface area contributed by atoms with Crippen molar-refractivity contribution < 1.29 is 14.3 Å². The first-order valence-corrected chi connectivity index (χ1v) is 8.00. The van der Waals surface area contributed by atoms with Crippen molar-refractivity contribution in [1.82, 2.24) is 4.90 Å². The Hall–Kier alpha value is -2.37. The zero-order valence-corrected chi connectivity index (χ0v) is 14.0. The number of carbonyl (C=O) groups excluding carboxylic acids is 1. The van der Waals surface area contributed by atoms with E-state index in [1.807, 2.05) is 36.4 Å². The van der Waals surface area contributed by atoms with Gasteiger partial charge in [-0.1, -0.05) is 12.1 Å². The monoisotopic (exact) mass is 326 g/mol. The van der Waals surface area contributed by atoms with Gasteiger partial charge in [0.15, 0.2) is 6.79 Å². The molecule has 2 aromatic rings. The Balaban J connectivity index is 1.64. The summed E-state index contributed by atoms with van der Waals surface area (Å²) in [6.45, 7) is 1.74. The molecule has 0 aliphatic carbocycles. The van der Waals surface area contributed by atoms with Crippen molar-refractivity contribution in [3.05, 3.63) is 59.2 Å². The van der Waals surface area contributed by atoms with Crippen molar-refractivity contribution in [2.45, 2.75) is 13.0 Å². The third-order valence-corrected chi connectivity index (χ3v) is 3.94. The average Bonchev–Trinajstić information content (AvgIpc) is 2.60. The van der Waals surface area contributed by atoms with Gasteiger partial charge in [0.1, 0.15) is 5.75 Å². The van der Waals surface area contributed by atoms with Crippen LogP contribution < -0.4 is 10.1 Å². The molecule has 2 aromatic carbocycles. The molecule has 5 nitrogen and oxygen atoms in total. The molecule has 0 unspecified atom stereocenters. The maximum Gasteiger partial charge on any atom is 0.255 e. The van der Waals surface area contributed by atoms with E-state index in [1.165, 1.54) is 5.56 Å². The number of benzene rings is 2. The molecule has 5 heteroatoms. The first kappa shape index (κ1) is 16.5. The van der Waals surface area contributed by atoms with Crippen LogP contribution in [0.3, 0.4) is 0 Å². The second-order valence-electron chi connectivity index (χ2n) is 6.14. The average molecular weight is 326 g/mol. The number of hydrogen-bond acceptors (Lipinski definition) is 4. The number of fused-ring (bicyclic) bond motifs is 1. The highest BCUT2D eigenvalue weighted by Crippen LogP contribution is 2.25. The highest BCUT2D eigenvalue weighted by molar-refractivity contribution is 6.04. The van der Waals surface area contributed by atoms with Gasteiger partial charge >= 0.3 is 0 Å². The largest absolute Gasteiger partial charge is 0.467 e. The summed E-state index contributed by atoms with van der Waals surface area (Å²) in [6.07, 6.45) is 0.992. The van der Waals surface area contributed by atoms with Gasteiger partial charge in [0.25, 0.3) is 5.91 Å². The summed E-state index contributed by atoms with van der Waals surface area (Å²) in [5.41, 5.74) is 3.54. The number of nitrogens with one attached hydrogen (secondary N) is 1. The second-order valence-corrected chi connectivity index (χ2v) is 6.14. The van der Waals surface area contributed by atoms with Crippen molar-refractivity contribution in [1.29, 1.82) is 0 Å². The molecule has 0 bridgehead atoms. The molecular formula is C19H22N2O3. The minimum absolute atomic E-state index is 0.135. The fourth-order valence-corrected chi connectivity index (χ4v) is 2.54. The zero-order chi connectivity index (χ0) is 16.9. The maximum atomic E-state index is 12.4. The zero-order valence-electron chi connectivity index (χ0n) is 14.0. The van der Waals surface area contributed by atoms with Crippen LogP contribution in [0.1, 0.15) is 21.5 Å². The number of carbonyl (C=O) groups is 1. The number of nitrogens with zero attached hydrogens (tertiary/aromatic N) is 1. The number of anilines is 1. The fraction of sp³-hybridized carbons (Fsp3) is 0.316. The minimum Gasteiger partial charge on any atom is -0.467 e. The summed E-state index contributed by atoms with van der Waals surface area (Å²) < 4.78 is 10.6. The predicted molar refractivity (Wildman–Crippen MR) is 93.4 cm³/mol. The third kappa shape index (κ3) is 4.13. The van der Waals surface area contributed by atoms with Crippen LogP contribution >= 0.6 is 0 Å². The van der Waals surface area contributed by atoms with Gasteiger partial charge in [-0.25, -0.2) is 0 Å². The lowest BCUT2D eigenvalue weighted by molar-refractivity contribution is -0.0163. The number of amides is 1. The Kier molecular flexibility index (Phi) is 5.13. The Morgan fingerprint density at radius 1 is 1.17 bits per heavy atom. The van der Waals surface area contributed by atoms with Crippen LogP contribution in [0.2, 0.25) is 0 Å². The normalized spacial score (nSPS) is 13.3. The number of likely N-dealkylation sites (N-methyl/N-ethyl adjacent to an activating group) is 1. The van der Waals surface area contributed by atoms with E-state index >= 15 is 0 Å². The van der Waals surface area contributed by atoms with Crippen molar-refractivity contribution >= 4 is 11.6 Å². The molecule has 0 aromatic heterocycles. The smallest absolute Gasteiger partial charge is 0.255 e. The van der Waals surface area contributed by atoms with E-state index < -0.39 is 0 Å². The van der Waals surface area contributed by atoms with Gasteiger partial charge in [0.05, 0.1) is 6.61 Å². The molecule has 0 saturated carbocycles. The molecule has 0 radical (unpaired) electrons. The van der Waals surface area contributed by atoms with E-state index in [0.717, 1.165) is 30.0 Å². The predicted octanol–water partition coefficient (Wildman–Crippen LogP) is 2.91. The van der Waals surface area contributed by atoms with Crippen molar-refractivity contribution in [3.8, 4) is 5.75 Å². The van der Waals surface area contributed by atoms with Crippen LogP contribution in [-0.2, 0) is 17.8 Å². The summed E-state index contributed by atoms with van der Waals surface area (Å²) in [5, 5.41) is 2.93. The van der Waals surface area contributed by atoms with E-state index in [0.29, 0.717) is 12.2 Å². The standard InChI is InChI=1S/C19H22N2O3/c1-21(2)10-9-14-3-6-17(7-4-14)20-19(22)15-5-8-18-16(11-15)12-23-13-24-18/h3-8,11H,9-10,12-13H2,1-2H3,(H,20,22). The lowest BCUT2D eigenvalue weighted by Gasteiger charge is -2.18. The molecule has 0 fully saturated rings. The molecule has 1 aliphatic rings. The fourth-order valence-electron chi connectivity index (χ4n) is 2.54. The molecular weight excluding hydrogens is 304 g/mol. The molecule has 1 aliphatic heterocycles. The lowest BCUT2D eigenvalue weighted by atomic mass is 10.1. The van der Waals surface area contributed by atoms with Crippen LogP contribution in [0.5, 0.6) is 5.75 Å². The van der Waals surface area contributed by atoms with Gasteiger partial charge in [-0.15, -0.1) is 0 Å². The van der Waals surface area contributed by atoms with Crippen LogP contribution in [0.25, 0.3) is 0 Å². The van der Waals surface area contributed by atoms with Crippen LogP contribution in [-0.4, -0.2) is 38.2 Å². The van der Waals surface area contributed by atoms with Crippen LogP contribution in [0.15, 0.2) is 42.5 Å². The third-order valence-electron chi connectivity index (χ3n) is 3.94. The van der Waals surface area contributed by atoms with Crippen LogP contribution in [0, 0.1) is 0 Å². The first-order valence-electron chi connectivity index (χ1n) is 8.00. The van der Waals surface area contributed by atoms with Crippen LogP contribution in [0.4, 0.5) is 5.69 Å². The Labute approximate surface area is 142 Å². The Morgan fingerprint density at radius 2 is 1.96 bits per heavy atom. The Morgan fingerprint density at radius 3 is 2.71 bits per heavy atom. The van der Waals surface area contributed by atoms with E-state index in [-0.39, 0.29) is 12.7 Å². The highest BCUT2D eigenvalue weighted by atomic mass is 16.7. The van der Waals surface area contributed by atoms with E-state index in [1.54, 1.807) is 6.07 Å². The van der Waals surface area contributed by atoms with Gasteiger partial charge < -0.3 is 19.7 Å². The molecule has 1 N–H and O–H groups in total. The quantitative estimate of drug-likeness (QED) is 0.918. The minimum atomic E-state index is -0.135. The topological polar surface area (TPSA) is 50.8 Å². The van der Waals surface area contributed by atoms with Gasteiger partial charge in [-0.2, -0.15) is 0 Å². The molecule has 0 atom stereocenters. The summed E-state index contributed by atoms with van der Waals surface area (Å²) >= 11 is 0. The molecule has 126 valence electrons. The van der Waals surface area contributed by atoms with E-state index in [2.05, 4.69) is 24.3 Å². The van der Waals surface area contributed by atoms with E-state index in [9.17, 15) is 4.79 Å². The number of ether oxygens (including phenoxy) is 2. The molecule has 1 amide bonds. The highest BCUT2D eigenvalue weighted by Gasteiger charge is 2.14. The molecule has 0 spiro atoms. The SMILES string of the molecule is CN(C)CCc1ccc(NC(=O)c2ccc3c(c2)COCO3)cc1. The van der Waals surface area contributed by atoms with E-state index in [4.69, 9.17) is 9.47 Å². The maximum absolute atomic E-state index is 12.4. The summed E-state index contributed by atoms with van der Waals surface area (Å²) in [6, 6.07) is 13.4. The first-order chi connectivity index (χ1) is 11.6. The molecule has 1 heterocycles. The molecule has 0 saturated heterocycles. The summed E-state index contributed by atoms with van der Waals surface area (Å²) in [4.78, 5) is 14.6. The van der Waals surface area contributed by atoms with Crippen molar-refractivity contribution in [2.24, 2.45) is 0 Å². The van der Waals surface area contributed by atoms with Crippen molar-refractivity contribution in [2.75, 3.05) is 32.7 Å². The number of rotatable bonds is 5. The molecule has 24 heavy (non-hydrogen) atoms. The second kappa shape index (κ2) is 7.47. The van der Waals surface area contributed by atoms with Gasteiger partial charge in [-0.3, -0.25) is 4.79 Å². The summed E-state index contributed by atoms with van der Waals surface area (Å²) in [5.74, 6) is 0.646. The molecule has 3 rings (SSSR count). The summed E-state index contributed by atoms with van der Waals surface area (Å²) in [7, 11) is 4.12. The van der Waals surface area contributed by atoms with Crippen molar-refractivity contribution in [3.63, 3.8) is 0 Å². The van der Waals surface area contributed by atoms with Gasteiger partial charge in [0.2, 0.25) is 0 Å². The van der Waals surface area contributed by atoms with Gasteiger partial charge in [-0.05, 0) is 56.4 Å².